The highest BCUT2D eigenvalue weighted by molar-refractivity contribution is 6.31. The molecule has 0 spiro atoms. The second-order valence-corrected chi connectivity index (χ2v) is 6.35. The molecule has 3 rings (SSSR count). The average Bonchev–Trinajstić information content (AvgIpc) is 3.02. The summed E-state index contributed by atoms with van der Waals surface area (Å²) in [5.41, 5.74) is 8.39. The molecule has 1 aromatic carbocycles. The minimum absolute atomic E-state index is 0.0865. The number of likely N-dealkylation sites (N-methyl/N-ethyl adjacent to an activating group) is 1. The van der Waals surface area contributed by atoms with Crippen molar-refractivity contribution in [2.24, 2.45) is 0 Å². The lowest BCUT2D eigenvalue weighted by Crippen LogP contribution is -2.27. The van der Waals surface area contributed by atoms with Crippen LogP contribution in [0.1, 0.15) is 24.1 Å². The van der Waals surface area contributed by atoms with E-state index >= 15 is 0 Å². The van der Waals surface area contributed by atoms with Crippen molar-refractivity contribution in [1.82, 2.24) is 14.9 Å². The molecule has 25 heavy (non-hydrogen) atoms. The van der Waals surface area contributed by atoms with Crippen LogP contribution in [0, 0.1) is 0 Å². The first-order valence-corrected chi connectivity index (χ1v) is 8.26. The maximum absolute atomic E-state index is 12.5. The largest absolute Gasteiger partial charge is 0.384 e. The Bertz CT molecular complexity index is 930. The van der Waals surface area contributed by atoms with E-state index in [4.69, 9.17) is 17.3 Å². The Hall–Kier alpha value is -2.79. The van der Waals surface area contributed by atoms with Gasteiger partial charge in [0.1, 0.15) is 5.82 Å². The van der Waals surface area contributed by atoms with Gasteiger partial charge in [0.25, 0.3) is 0 Å². The Labute approximate surface area is 151 Å². The number of rotatable bonds is 4. The van der Waals surface area contributed by atoms with Crippen LogP contribution in [-0.2, 0) is 4.79 Å². The highest BCUT2D eigenvalue weighted by atomic mass is 35.5. The molecule has 128 valence electrons. The number of pyridine rings is 1. The summed E-state index contributed by atoms with van der Waals surface area (Å²) in [4.78, 5) is 21.4. The van der Waals surface area contributed by atoms with Crippen molar-refractivity contribution >= 4 is 40.3 Å². The van der Waals surface area contributed by atoms with Gasteiger partial charge in [-0.15, -0.1) is 0 Å². The van der Waals surface area contributed by atoms with Crippen LogP contribution in [0.25, 0.3) is 17.0 Å². The number of carbonyl (C=O) groups excluding carboxylic acids is 1. The van der Waals surface area contributed by atoms with Crippen molar-refractivity contribution in [3.05, 3.63) is 65.0 Å². The number of carbonyl (C=O) groups is 1. The van der Waals surface area contributed by atoms with Crippen LogP contribution in [0.3, 0.4) is 0 Å². The van der Waals surface area contributed by atoms with Crippen LogP contribution < -0.4 is 5.73 Å². The summed E-state index contributed by atoms with van der Waals surface area (Å²) in [7, 11) is 1.79. The topological polar surface area (TPSA) is 75.0 Å². The first kappa shape index (κ1) is 17.0. The molecule has 0 aliphatic heterocycles. The molecule has 0 saturated heterocycles. The molecule has 5 nitrogen and oxygen atoms in total. The lowest BCUT2D eigenvalue weighted by molar-refractivity contribution is -0.126. The first-order chi connectivity index (χ1) is 12.0. The van der Waals surface area contributed by atoms with Crippen molar-refractivity contribution in [3.8, 4) is 0 Å². The molecule has 3 N–H and O–H groups in total. The van der Waals surface area contributed by atoms with E-state index in [1.54, 1.807) is 30.3 Å². The van der Waals surface area contributed by atoms with Crippen molar-refractivity contribution in [2.45, 2.75) is 13.0 Å². The molecule has 0 bridgehead atoms. The number of nitrogen functional groups attached to an aromatic ring is 1. The summed E-state index contributed by atoms with van der Waals surface area (Å²) in [5, 5.41) is 1.74. The molecular formula is C19H19ClN4O. The smallest absolute Gasteiger partial charge is 0.246 e. The molecule has 1 atom stereocenters. The van der Waals surface area contributed by atoms with Gasteiger partial charge < -0.3 is 15.6 Å². The van der Waals surface area contributed by atoms with Crippen LogP contribution in [-0.4, -0.2) is 27.8 Å². The van der Waals surface area contributed by atoms with Gasteiger partial charge in [0.05, 0.1) is 6.04 Å². The van der Waals surface area contributed by atoms with Gasteiger partial charge in [-0.3, -0.25) is 4.79 Å². The summed E-state index contributed by atoms with van der Waals surface area (Å²) in [6.07, 6.45) is 6.82. The number of benzene rings is 1. The number of anilines is 1. The lowest BCUT2D eigenvalue weighted by atomic mass is 10.1. The van der Waals surface area contributed by atoms with E-state index < -0.39 is 0 Å². The van der Waals surface area contributed by atoms with E-state index in [9.17, 15) is 4.79 Å². The molecule has 0 aliphatic rings. The predicted molar refractivity (Wildman–Crippen MR) is 102 cm³/mol. The minimum atomic E-state index is -0.0901. The van der Waals surface area contributed by atoms with Gasteiger partial charge in [-0.05, 0) is 48.4 Å². The molecule has 1 amide bonds. The van der Waals surface area contributed by atoms with Crippen LogP contribution in [0.15, 0.2) is 48.8 Å². The summed E-state index contributed by atoms with van der Waals surface area (Å²) in [5.74, 6) is 0.362. The number of nitrogens with two attached hydrogens (primary N) is 1. The van der Waals surface area contributed by atoms with Crippen molar-refractivity contribution < 1.29 is 4.79 Å². The molecule has 2 heterocycles. The van der Waals surface area contributed by atoms with Crippen LogP contribution >= 0.6 is 11.6 Å². The summed E-state index contributed by atoms with van der Waals surface area (Å²) < 4.78 is 0. The van der Waals surface area contributed by atoms with E-state index in [1.807, 2.05) is 37.4 Å². The fourth-order valence-electron chi connectivity index (χ4n) is 2.67. The number of aromatic amines is 1. The van der Waals surface area contributed by atoms with E-state index in [1.165, 1.54) is 6.08 Å². The molecule has 0 fully saturated rings. The Morgan fingerprint density at radius 2 is 2.16 bits per heavy atom. The van der Waals surface area contributed by atoms with Crippen LogP contribution in [0.2, 0.25) is 5.02 Å². The number of fused-ring (bicyclic) bond motifs is 1. The second-order valence-electron chi connectivity index (χ2n) is 5.91. The zero-order chi connectivity index (χ0) is 18.0. The number of H-pyrrole nitrogens is 1. The summed E-state index contributed by atoms with van der Waals surface area (Å²) in [6, 6.07) is 9.13. The van der Waals surface area contributed by atoms with Crippen LogP contribution in [0.5, 0.6) is 0 Å². The Morgan fingerprint density at radius 3 is 2.88 bits per heavy atom. The third-order valence-electron chi connectivity index (χ3n) is 4.28. The first-order valence-electron chi connectivity index (χ1n) is 7.88. The molecule has 2 aromatic heterocycles. The van der Waals surface area contributed by atoms with Gasteiger partial charge in [-0.25, -0.2) is 4.98 Å². The Morgan fingerprint density at radius 1 is 1.36 bits per heavy atom. The van der Waals surface area contributed by atoms with Gasteiger partial charge in [-0.1, -0.05) is 17.7 Å². The van der Waals surface area contributed by atoms with Gasteiger partial charge in [0.15, 0.2) is 0 Å². The highest BCUT2D eigenvalue weighted by Crippen LogP contribution is 2.29. The van der Waals surface area contributed by atoms with Gasteiger partial charge >= 0.3 is 0 Å². The predicted octanol–water partition coefficient (Wildman–Crippen LogP) is 4.03. The molecule has 6 heteroatoms. The second kappa shape index (κ2) is 6.99. The molecule has 0 aliphatic carbocycles. The Kier molecular flexibility index (Phi) is 4.76. The van der Waals surface area contributed by atoms with Crippen molar-refractivity contribution in [2.75, 3.05) is 12.8 Å². The maximum atomic E-state index is 12.5. The fourth-order valence-corrected chi connectivity index (χ4v) is 2.84. The fraction of sp³-hybridized carbons (Fsp3) is 0.158. The number of nitrogens with one attached hydrogen (secondary N) is 1. The standard InChI is InChI=1S/C19H19ClN4O/c1-12(16-11-22-17-9-14(20)5-6-15(16)17)24(2)19(25)8-4-13-3-7-18(21)23-10-13/h3-12,22H,1-2H3,(H2,21,23)/b8-4+. The van der Waals surface area contributed by atoms with E-state index in [0.717, 1.165) is 22.0 Å². The van der Waals surface area contributed by atoms with Crippen molar-refractivity contribution in [3.63, 3.8) is 0 Å². The van der Waals surface area contributed by atoms with Crippen molar-refractivity contribution in [1.29, 1.82) is 0 Å². The number of halogens is 1. The summed E-state index contributed by atoms with van der Waals surface area (Å²) >= 11 is 6.02. The summed E-state index contributed by atoms with van der Waals surface area (Å²) in [6.45, 7) is 1.99. The third-order valence-corrected chi connectivity index (χ3v) is 4.52. The number of nitrogens with zero attached hydrogens (tertiary/aromatic N) is 2. The number of hydrogen-bond donors (Lipinski definition) is 2. The third kappa shape index (κ3) is 3.67. The van der Waals surface area contributed by atoms with Gasteiger partial charge in [0, 0.05) is 41.4 Å². The lowest BCUT2D eigenvalue weighted by Gasteiger charge is -2.23. The molecular weight excluding hydrogens is 336 g/mol. The Balaban J connectivity index is 1.77. The number of hydrogen-bond acceptors (Lipinski definition) is 3. The average molecular weight is 355 g/mol. The maximum Gasteiger partial charge on any atom is 0.246 e. The molecule has 0 saturated carbocycles. The highest BCUT2D eigenvalue weighted by Gasteiger charge is 2.18. The van der Waals surface area contributed by atoms with Crippen LogP contribution in [0.4, 0.5) is 5.82 Å². The zero-order valence-electron chi connectivity index (χ0n) is 14.0. The monoisotopic (exact) mass is 354 g/mol. The minimum Gasteiger partial charge on any atom is -0.384 e. The molecule has 3 aromatic rings. The number of amides is 1. The van der Waals surface area contributed by atoms with Gasteiger partial charge in [0.2, 0.25) is 5.91 Å². The molecule has 1 unspecified atom stereocenters. The normalized spacial score (nSPS) is 12.6. The van der Waals surface area contributed by atoms with E-state index in [-0.39, 0.29) is 11.9 Å². The van der Waals surface area contributed by atoms with Gasteiger partial charge in [-0.2, -0.15) is 0 Å². The zero-order valence-corrected chi connectivity index (χ0v) is 14.8. The number of aromatic nitrogens is 2. The molecule has 0 radical (unpaired) electrons. The SMILES string of the molecule is CC(c1c[nH]c2cc(Cl)ccc12)N(C)C(=O)/C=C/c1ccc(N)nc1. The van der Waals surface area contributed by atoms with E-state index in [2.05, 4.69) is 9.97 Å². The quantitative estimate of drug-likeness (QED) is 0.694. The van der Waals surface area contributed by atoms with E-state index in [0.29, 0.717) is 10.8 Å².